The summed E-state index contributed by atoms with van der Waals surface area (Å²) in [6, 6.07) is 1.67. The van der Waals surface area contributed by atoms with Crippen LogP contribution in [0.2, 0.25) is 0 Å². The summed E-state index contributed by atoms with van der Waals surface area (Å²) in [6.07, 6.45) is 4.00. The number of hydrogen-bond acceptors (Lipinski definition) is 2. The molecule has 1 aliphatic rings. The first kappa shape index (κ1) is 12.0. The van der Waals surface area contributed by atoms with Gasteiger partial charge in [-0.1, -0.05) is 0 Å². The lowest BCUT2D eigenvalue weighted by atomic mass is 9.92. The fraction of sp³-hybridized carbons (Fsp3) is 0.455. The highest BCUT2D eigenvalue weighted by Crippen LogP contribution is 2.23. The Morgan fingerprint density at radius 1 is 1.40 bits per heavy atom. The highest BCUT2D eigenvalue weighted by Gasteiger charge is 2.18. The number of carbonyl (C=O) groups is 1. The van der Waals surface area contributed by atoms with Gasteiger partial charge in [0.1, 0.15) is 0 Å². The molecule has 0 amide bonds. The molecule has 0 atom stereocenters. The van der Waals surface area contributed by atoms with E-state index in [4.69, 9.17) is 5.11 Å². The van der Waals surface area contributed by atoms with E-state index >= 15 is 0 Å². The maximum atomic E-state index is 11.0. The first-order valence-electron chi connectivity index (χ1n) is 4.91. The molecule has 0 bridgehead atoms. The van der Waals surface area contributed by atoms with Gasteiger partial charge >= 0.3 is 5.97 Å². The average Bonchev–Trinajstić information content (AvgIpc) is 2.16. The minimum atomic E-state index is -0.825. The number of carboxylic acids is 1. The van der Waals surface area contributed by atoms with E-state index in [-0.39, 0.29) is 12.4 Å². The summed E-state index contributed by atoms with van der Waals surface area (Å²) in [6.45, 7) is 1.85. The van der Waals surface area contributed by atoms with Crippen LogP contribution in [0.1, 0.15) is 40.2 Å². The Morgan fingerprint density at radius 2 is 2.07 bits per heavy atom. The summed E-state index contributed by atoms with van der Waals surface area (Å²) >= 11 is 0. The molecule has 0 radical (unpaired) electrons. The monoisotopic (exact) mass is 227 g/mol. The molecule has 4 heteroatoms. The molecular weight excluding hydrogens is 214 g/mol. The van der Waals surface area contributed by atoms with Crippen LogP contribution in [0.15, 0.2) is 6.07 Å². The van der Waals surface area contributed by atoms with Gasteiger partial charge in [0.15, 0.2) is 0 Å². The molecule has 0 saturated heterocycles. The van der Waals surface area contributed by atoms with Gasteiger partial charge in [-0.2, -0.15) is 0 Å². The fourth-order valence-electron chi connectivity index (χ4n) is 2.03. The quantitative estimate of drug-likeness (QED) is 0.802. The predicted octanol–water partition coefficient (Wildman–Crippen LogP) is 2.39. The number of pyridine rings is 1. The van der Waals surface area contributed by atoms with Gasteiger partial charge in [0.2, 0.25) is 0 Å². The van der Waals surface area contributed by atoms with E-state index in [1.807, 2.05) is 6.92 Å². The van der Waals surface area contributed by atoms with Crippen molar-refractivity contribution in [2.75, 3.05) is 0 Å². The summed E-state index contributed by atoms with van der Waals surface area (Å²) in [5.74, 6) is -0.825. The number of aryl methyl sites for hydroxylation is 2. The van der Waals surface area contributed by atoms with Crippen LogP contribution in [-0.2, 0) is 12.8 Å². The molecule has 1 aromatic heterocycles. The molecule has 0 saturated carbocycles. The molecule has 1 aliphatic carbocycles. The van der Waals surface area contributed by atoms with Crippen molar-refractivity contribution in [2.45, 2.75) is 32.6 Å². The zero-order chi connectivity index (χ0) is 10.1. The van der Waals surface area contributed by atoms with Crippen LogP contribution in [0.5, 0.6) is 0 Å². The third-order valence-corrected chi connectivity index (χ3v) is 2.66. The third kappa shape index (κ3) is 2.29. The maximum Gasteiger partial charge on any atom is 0.336 e. The highest BCUT2D eigenvalue weighted by atomic mass is 35.5. The molecule has 2 rings (SSSR count). The maximum absolute atomic E-state index is 11.0. The molecular formula is C11H14ClNO2. The van der Waals surface area contributed by atoms with E-state index in [1.165, 1.54) is 0 Å². The molecule has 0 fully saturated rings. The minimum absolute atomic E-state index is 0. The van der Waals surface area contributed by atoms with Gasteiger partial charge in [-0.3, -0.25) is 4.98 Å². The van der Waals surface area contributed by atoms with Crippen LogP contribution in [0.4, 0.5) is 0 Å². The number of aromatic carboxylic acids is 1. The summed E-state index contributed by atoms with van der Waals surface area (Å²) in [5, 5.41) is 9.04. The smallest absolute Gasteiger partial charge is 0.336 e. The molecule has 0 aliphatic heterocycles. The Bertz CT molecular complexity index is 390. The van der Waals surface area contributed by atoms with Crippen LogP contribution in [0, 0.1) is 6.92 Å². The molecule has 1 N–H and O–H groups in total. The van der Waals surface area contributed by atoms with E-state index in [2.05, 4.69) is 4.98 Å². The Labute approximate surface area is 94.9 Å². The van der Waals surface area contributed by atoms with Crippen LogP contribution in [0.25, 0.3) is 0 Å². The first-order chi connectivity index (χ1) is 6.68. The molecule has 0 unspecified atom stereocenters. The molecule has 82 valence electrons. The molecule has 1 heterocycles. The Hall–Kier alpha value is -1.09. The predicted molar refractivity (Wildman–Crippen MR) is 59.8 cm³/mol. The lowest BCUT2D eigenvalue weighted by Crippen LogP contribution is -2.13. The highest BCUT2D eigenvalue weighted by molar-refractivity contribution is 5.89. The Balaban J connectivity index is 0.00000112. The Kier molecular flexibility index (Phi) is 3.69. The van der Waals surface area contributed by atoms with Gasteiger partial charge in [0.05, 0.1) is 5.56 Å². The van der Waals surface area contributed by atoms with Crippen LogP contribution < -0.4 is 0 Å². The second kappa shape index (κ2) is 4.62. The van der Waals surface area contributed by atoms with E-state index in [1.54, 1.807) is 6.07 Å². The van der Waals surface area contributed by atoms with Crippen molar-refractivity contribution in [3.63, 3.8) is 0 Å². The first-order valence-corrected chi connectivity index (χ1v) is 4.91. The van der Waals surface area contributed by atoms with Crippen molar-refractivity contribution in [3.8, 4) is 0 Å². The molecule has 0 spiro atoms. The third-order valence-electron chi connectivity index (χ3n) is 2.66. The van der Waals surface area contributed by atoms with Crippen LogP contribution >= 0.6 is 12.4 Å². The topological polar surface area (TPSA) is 50.2 Å². The number of rotatable bonds is 1. The average molecular weight is 228 g/mol. The van der Waals surface area contributed by atoms with Crippen LogP contribution in [0.3, 0.4) is 0 Å². The number of carboxylic acid groups (broad SMARTS) is 1. The number of fused-ring (bicyclic) bond motifs is 1. The van der Waals surface area contributed by atoms with Crippen molar-refractivity contribution < 1.29 is 9.90 Å². The fourth-order valence-corrected chi connectivity index (χ4v) is 2.03. The van der Waals surface area contributed by atoms with E-state index in [0.29, 0.717) is 5.56 Å². The summed E-state index contributed by atoms with van der Waals surface area (Å²) in [4.78, 5) is 15.4. The minimum Gasteiger partial charge on any atom is -0.478 e. The molecule has 0 aromatic carbocycles. The van der Waals surface area contributed by atoms with Crippen molar-refractivity contribution >= 4 is 18.4 Å². The second-order valence-corrected chi connectivity index (χ2v) is 3.75. The van der Waals surface area contributed by atoms with E-state index in [0.717, 1.165) is 42.6 Å². The van der Waals surface area contributed by atoms with Gasteiger partial charge in [0, 0.05) is 11.4 Å². The number of halogens is 1. The van der Waals surface area contributed by atoms with Crippen molar-refractivity contribution in [2.24, 2.45) is 0 Å². The van der Waals surface area contributed by atoms with Gasteiger partial charge in [-0.15, -0.1) is 12.4 Å². The van der Waals surface area contributed by atoms with Gasteiger partial charge < -0.3 is 5.11 Å². The number of hydrogen-bond donors (Lipinski definition) is 1. The zero-order valence-electron chi connectivity index (χ0n) is 8.62. The molecule has 3 nitrogen and oxygen atoms in total. The van der Waals surface area contributed by atoms with E-state index in [9.17, 15) is 4.79 Å². The largest absolute Gasteiger partial charge is 0.478 e. The van der Waals surface area contributed by atoms with Crippen LogP contribution in [-0.4, -0.2) is 16.1 Å². The molecule has 15 heavy (non-hydrogen) atoms. The van der Waals surface area contributed by atoms with Gasteiger partial charge in [0.25, 0.3) is 0 Å². The van der Waals surface area contributed by atoms with E-state index < -0.39 is 5.97 Å². The SMILES string of the molecule is Cc1cc(C(=O)O)c2c(n1)CCCC2.Cl. The van der Waals surface area contributed by atoms with Gasteiger partial charge in [-0.05, 0) is 44.2 Å². The molecule has 1 aromatic rings. The van der Waals surface area contributed by atoms with Gasteiger partial charge in [-0.25, -0.2) is 4.79 Å². The summed E-state index contributed by atoms with van der Waals surface area (Å²) < 4.78 is 0. The normalized spacial score (nSPS) is 13.9. The second-order valence-electron chi connectivity index (χ2n) is 3.75. The standard InChI is InChI=1S/C11H13NO2.ClH/c1-7-6-9(11(13)14)8-4-2-3-5-10(8)12-7;/h6H,2-5H2,1H3,(H,13,14);1H. The number of nitrogens with zero attached hydrogens (tertiary/aromatic N) is 1. The van der Waals surface area contributed by atoms with Crippen molar-refractivity contribution in [1.29, 1.82) is 0 Å². The zero-order valence-corrected chi connectivity index (χ0v) is 9.43. The summed E-state index contributed by atoms with van der Waals surface area (Å²) in [7, 11) is 0. The van der Waals surface area contributed by atoms with Crippen molar-refractivity contribution in [3.05, 3.63) is 28.6 Å². The van der Waals surface area contributed by atoms with Crippen molar-refractivity contribution in [1.82, 2.24) is 4.98 Å². The lowest BCUT2D eigenvalue weighted by Gasteiger charge is -2.17. The summed E-state index contributed by atoms with van der Waals surface area (Å²) in [5.41, 5.74) is 3.21. The number of aromatic nitrogens is 1. The Morgan fingerprint density at radius 3 is 2.73 bits per heavy atom. The lowest BCUT2D eigenvalue weighted by molar-refractivity contribution is 0.0695.